The number of nitrogens with zero attached hydrogens (tertiary/aromatic N) is 1. The normalized spacial score (nSPS) is 31.6. The predicted molar refractivity (Wildman–Crippen MR) is 71.1 cm³/mol. The number of hydrogen-bond donors (Lipinski definition) is 1. The first-order chi connectivity index (χ1) is 9.06. The number of nitrogens with two attached hydrogens (primary N) is 1. The second-order valence-electron chi connectivity index (χ2n) is 5.86. The largest absolute Gasteiger partial charge is 0.328 e. The molecule has 0 spiro atoms. The molecule has 1 aromatic carbocycles. The summed E-state index contributed by atoms with van der Waals surface area (Å²) in [6, 6.07) is 8.83. The Balaban J connectivity index is 1.75. The fraction of sp³-hybridized carbons (Fsp3) is 0.600. The van der Waals surface area contributed by atoms with Crippen LogP contribution in [0.1, 0.15) is 31.2 Å². The first-order valence-electron chi connectivity index (χ1n) is 7.01. The minimum atomic E-state index is -2.77. The van der Waals surface area contributed by atoms with Crippen molar-refractivity contribution in [3.05, 3.63) is 35.9 Å². The van der Waals surface area contributed by atoms with Crippen molar-refractivity contribution < 1.29 is 8.78 Å². The molecule has 2 aliphatic heterocycles. The van der Waals surface area contributed by atoms with E-state index >= 15 is 0 Å². The van der Waals surface area contributed by atoms with Gasteiger partial charge in [-0.25, -0.2) is 0 Å². The van der Waals surface area contributed by atoms with E-state index in [-0.39, 0.29) is 30.2 Å². The highest BCUT2D eigenvalue weighted by Gasteiger charge is 2.45. The van der Waals surface area contributed by atoms with Crippen molar-refractivity contribution in [2.75, 3.05) is 6.54 Å². The number of piperidine rings is 1. The summed E-state index contributed by atoms with van der Waals surface area (Å²) in [7, 11) is 0. The summed E-state index contributed by atoms with van der Waals surface area (Å²) >= 11 is 0. The van der Waals surface area contributed by atoms with Crippen LogP contribution < -0.4 is 5.73 Å². The molecule has 2 nitrogen and oxygen atoms in total. The van der Waals surface area contributed by atoms with E-state index in [9.17, 15) is 8.78 Å². The number of rotatable bonds is 3. The summed E-state index contributed by atoms with van der Waals surface area (Å²) in [4.78, 5) is 2.00. The van der Waals surface area contributed by atoms with Crippen LogP contribution in [-0.4, -0.2) is 29.6 Å². The van der Waals surface area contributed by atoms with Crippen molar-refractivity contribution >= 4 is 0 Å². The second kappa shape index (κ2) is 4.84. The number of alkyl halides is 2. The van der Waals surface area contributed by atoms with Gasteiger partial charge in [-0.05, 0) is 25.7 Å². The van der Waals surface area contributed by atoms with Crippen molar-refractivity contribution in [3.63, 3.8) is 0 Å². The van der Waals surface area contributed by atoms with Gasteiger partial charge >= 0.3 is 0 Å². The van der Waals surface area contributed by atoms with Gasteiger partial charge in [0, 0.05) is 23.7 Å². The van der Waals surface area contributed by atoms with Gasteiger partial charge < -0.3 is 5.73 Å². The molecule has 1 aromatic rings. The average molecular weight is 266 g/mol. The van der Waals surface area contributed by atoms with E-state index in [0.29, 0.717) is 0 Å². The maximum Gasteiger partial charge on any atom is 0.285 e. The molecule has 19 heavy (non-hydrogen) atoms. The van der Waals surface area contributed by atoms with E-state index in [2.05, 4.69) is 0 Å². The molecule has 2 N–H and O–H groups in total. The van der Waals surface area contributed by atoms with E-state index in [1.54, 1.807) is 18.2 Å². The molecular weight excluding hydrogens is 246 g/mol. The minimum Gasteiger partial charge on any atom is -0.328 e. The van der Waals surface area contributed by atoms with Gasteiger partial charge in [0.15, 0.2) is 0 Å². The molecule has 0 saturated carbocycles. The van der Waals surface area contributed by atoms with Crippen LogP contribution >= 0.6 is 0 Å². The molecule has 2 unspecified atom stereocenters. The molecule has 4 heteroatoms. The third-order valence-electron chi connectivity index (χ3n) is 4.50. The minimum absolute atomic E-state index is 0.115. The highest BCUT2D eigenvalue weighted by molar-refractivity contribution is 5.20. The van der Waals surface area contributed by atoms with Gasteiger partial charge in [-0.3, -0.25) is 4.90 Å². The van der Waals surface area contributed by atoms with Crippen LogP contribution in [0.4, 0.5) is 8.78 Å². The number of halogens is 2. The molecule has 2 atom stereocenters. The zero-order chi connectivity index (χ0) is 13.5. The van der Waals surface area contributed by atoms with Gasteiger partial charge in [0.2, 0.25) is 0 Å². The first-order valence-corrected chi connectivity index (χ1v) is 7.01. The molecule has 2 aliphatic rings. The summed E-state index contributed by atoms with van der Waals surface area (Å²) in [5.41, 5.74) is 6.09. The van der Waals surface area contributed by atoms with Gasteiger partial charge in [-0.2, -0.15) is 8.78 Å². The summed E-state index contributed by atoms with van der Waals surface area (Å²) < 4.78 is 28.7. The van der Waals surface area contributed by atoms with Gasteiger partial charge in [-0.15, -0.1) is 0 Å². The maximum atomic E-state index is 14.3. The van der Waals surface area contributed by atoms with Gasteiger partial charge in [0.1, 0.15) is 0 Å². The van der Waals surface area contributed by atoms with E-state index in [4.69, 9.17) is 5.73 Å². The van der Waals surface area contributed by atoms with Gasteiger partial charge in [0.05, 0.1) is 6.54 Å². The molecule has 2 bridgehead atoms. The third-order valence-corrected chi connectivity index (χ3v) is 4.50. The van der Waals surface area contributed by atoms with Crippen molar-refractivity contribution in [2.24, 2.45) is 5.73 Å². The lowest BCUT2D eigenvalue weighted by Gasteiger charge is -2.39. The molecule has 0 aliphatic carbocycles. The maximum absolute atomic E-state index is 14.3. The number of benzene rings is 1. The Labute approximate surface area is 112 Å². The zero-order valence-corrected chi connectivity index (χ0v) is 10.9. The lowest BCUT2D eigenvalue weighted by atomic mass is 9.97. The van der Waals surface area contributed by atoms with E-state index in [1.807, 2.05) is 4.90 Å². The topological polar surface area (TPSA) is 29.3 Å². The molecule has 0 aromatic heterocycles. The molecule has 0 radical (unpaired) electrons. The highest BCUT2D eigenvalue weighted by Crippen LogP contribution is 2.39. The fourth-order valence-corrected chi connectivity index (χ4v) is 3.58. The van der Waals surface area contributed by atoms with E-state index < -0.39 is 5.92 Å². The first kappa shape index (κ1) is 13.0. The van der Waals surface area contributed by atoms with Gasteiger partial charge in [-0.1, -0.05) is 30.3 Å². The van der Waals surface area contributed by atoms with Crippen LogP contribution in [-0.2, 0) is 5.92 Å². The highest BCUT2D eigenvalue weighted by atomic mass is 19.3. The van der Waals surface area contributed by atoms with Crippen LogP contribution in [0.15, 0.2) is 30.3 Å². The van der Waals surface area contributed by atoms with Gasteiger partial charge in [0.25, 0.3) is 5.92 Å². The molecular formula is C15H20F2N2. The lowest BCUT2D eigenvalue weighted by molar-refractivity contribution is -0.0584. The molecule has 104 valence electrons. The summed E-state index contributed by atoms with van der Waals surface area (Å²) in [5.74, 6) is -2.77. The fourth-order valence-electron chi connectivity index (χ4n) is 3.58. The molecule has 3 rings (SSSR count). The summed E-state index contributed by atoms with van der Waals surface area (Å²) in [6.07, 6.45) is 3.76. The Bertz CT molecular complexity index is 421. The van der Waals surface area contributed by atoms with Crippen LogP contribution in [0.25, 0.3) is 0 Å². The Morgan fingerprint density at radius 2 is 1.68 bits per heavy atom. The van der Waals surface area contributed by atoms with Crippen LogP contribution in [0, 0.1) is 0 Å². The Morgan fingerprint density at radius 3 is 2.26 bits per heavy atom. The lowest BCUT2D eigenvalue weighted by Crippen LogP contribution is -2.50. The standard InChI is InChI=1S/C15H20F2N2/c16-15(17,11-4-2-1-3-5-11)10-19-13-6-7-14(19)9-12(18)8-13/h1-5,12-14H,6-10,18H2. The van der Waals surface area contributed by atoms with Crippen LogP contribution in [0.5, 0.6) is 0 Å². The van der Waals surface area contributed by atoms with Crippen molar-refractivity contribution in [2.45, 2.75) is 49.7 Å². The van der Waals surface area contributed by atoms with Crippen molar-refractivity contribution in [1.29, 1.82) is 0 Å². The van der Waals surface area contributed by atoms with E-state index in [0.717, 1.165) is 25.7 Å². The van der Waals surface area contributed by atoms with Crippen LogP contribution in [0.3, 0.4) is 0 Å². The second-order valence-corrected chi connectivity index (χ2v) is 5.86. The number of fused-ring (bicyclic) bond motifs is 2. The average Bonchev–Trinajstić information content (AvgIpc) is 2.62. The van der Waals surface area contributed by atoms with Crippen LogP contribution in [0.2, 0.25) is 0 Å². The smallest absolute Gasteiger partial charge is 0.285 e. The Hall–Kier alpha value is -1.00. The van der Waals surface area contributed by atoms with Crippen molar-refractivity contribution in [1.82, 2.24) is 4.90 Å². The monoisotopic (exact) mass is 266 g/mol. The molecule has 2 fully saturated rings. The van der Waals surface area contributed by atoms with Crippen molar-refractivity contribution in [3.8, 4) is 0 Å². The molecule has 2 saturated heterocycles. The Morgan fingerprint density at radius 1 is 1.11 bits per heavy atom. The SMILES string of the molecule is NC1CC2CCC(C1)N2CC(F)(F)c1ccccc1. The Kier molecular flexibility index (Phi) is 3.31. The molecule has 0 amide bonds. The molecule has 2 heterocycles. The van der Waals surface area contributed by atoms with E-state index in [1.165, 1.54) is 12.1 Å². The third kappa shape index (κ3) is 2.51. The predicted octanol–water partition coefficient (Wildman–Crippen LogP) is 2.73. The number of hydrogen-bond acceptors (Lipinski definition) is 2. The summed E-state index contributed by atoms with van der Waals surface area (Å²) in [5, 5.41) is 0. The quantitative estimate of drug-likeness (QED) is 0.911. The zero-order valence-electron chi connectivity index (χ0n) is 10.9. The summed E-state index contributed by atoms with van der Waals surface area (Å²) in [6.45, 7) is -0.168.